The maximum absolute atomic E-state index is 14.4. The van der Waals surface area contributed by atoms with Crippen LogP contribution in [-0.2, 0) is 29.0 Å². The second kappa shape index (κ2) is 14.3. The number of piperidine rings is 1. The Bertz CT molecular complexity index is 1730. The maximum atomic E-state index is 14.4. The first-order valence-electron chi connectivity index (χ1n) is 16.4. The van der Waals surface area contributed by atoms with Crippen molar-refractivity contribution in [2.45, 2.75) is 70.5 Å². The molecule has 0 aliphatic carbocycles. The van der Waals surface area contributed by atoms with Crippen molar-refractivity contribution >= 4 is 22.6 Å². The first kappa shape index (κ1) is 37.2. The summed E-state index contributed by atoms with van der Waals surface area (Å²) in [5.41, 5.74) is 1.02. The van der Waals surface area contributed by atoms with E-state index in [9.17, 15) is 41.0 Å². The third-order valence-electron chi connectivity index (χ3n) is 10.0. The van der Waals surface area contributed by atoms with E-state index in [4.69, 9.17) is 9.47 Å². The standard InChI is InChI=1S/C36H41F6N3O5/c1-21(2)45-14-11-23-18-29(49-3)30(31(50-4)27(23)19-45)26-10-6-8-24-22(7-5-9-25(24)26)17-28(32(46)47)43-33(48)34(36(40,41)42)12-15-44(16-13-34)20-35(37,38)39/h5-10,18,21,28H,11-17,19-20H2,1-4H3,(H,43,48)(H,46,47)/t28-/m0/s1. The Morgan fingerprint density at radius 2 is 1.62 bits per heavy atom. The normalized spacial score (nSPS) is 17.7. The molecule has 272 valence electrons. The fourth-order valence-corrected chi connectivity index (χ4v) is 7.22. The van der Waals surface area contributed by atoms with Gasteiger partial charge in [-0.3, -0.25) is 14.6 Å². The predicted molar refractivity (Wildman–Crippen MR) is 175 cm³/mol. The molecule has 2 aliphatic rings. The number of halogens is 6. The third kappa shape index (κ3) is 7.36. The molecular weight excluding hydrogens is 668 g/mol. The van der Waals surface area contributed by atoms with E-state index in [-0.39, 0.29) is 6.42 Å². The van der Waals surface area contributed by atoms with Gasteiger partial charge in [-0.1, -0.05) is 36.4 Å². The molecule has 2 aliphatic heterocycles. The van der Waals surface area contributed by atoms with Gasteiger partial charge in [0.2, 0.25) is 5.91 Å². The fraction of sp³-hybridized carbons (Fsp3) is 0.500. The predicted octanol–water partition coefficient (Wildman–Crippen LogP) is 6.61. The second-order valence-corrected chi connectivity index (χ2v) is 13.3. The molecule has 3 aromatic carbocycles. The minimum atomic E-state index is -5.11. The van der Waals surface area contributed by atoms with Crippen molar-refractivity contribution in [3.63, 3.8) is 0 Å². The monoisotopic (exact) mass is 709 g/mol. The molecule has 3 aromatic rings. The van der Waals surface area contributed by atoms with E-state index in [1.165, 1.54) is 0 Å². The van der Waals surface area contributed by atoms with Gasteiger partial charge < -0.3 is 19.9 Å². The van der Waals surface area contributed by atoms with Gasteiger partial charge in [0, 0.05) is 31.1 Å². The first-order valence-corrected chi connectivity index (χ1v) is 16.4. The number of carboxylic acids is 1. The van der Waals surface area contributed by atoms with E-state index in [0.29, 0.717) is 46.0 Å². The van der Waals surface area contributed by atoms with Crippen LogP contribution in [-0.4, -0.2) is 91.6 Å². The molecule has 2 heterocycles. The summed E-state index contributed by atoms with van der Waals surface area (Å²) in [6.45, 7) is 3.17. The van der Waals surface area contributed by atoms with Crippen LogP contribution in [0, 0.1) is 5.41 Å². The molecular formula is C36H41F6N3O5. The van der Waals surface area contributed by atoms with Crippen molar-refractivity contribution in [1.29, 1.82) is 0 Å². The third-order valence-corrected chi connectivity index (χ3v) is 10.0. The molecule has 8 nitrogen and oxygen atoms in total. The molecule has 14 heteroatoms. The lowest BCUT2D eigenvalue weighted by atomic mass is 9.76. The molecule has 1 fully saturated rings. The minimum absolute atomic E-state index is 0.314. The van der Waals surface area contributed by atoms with Crippen molar-refractivity contribution in [3.8, 4) is 22.6 Å². The van der Waals surface area contributed by atoms with Crippen molar-refractivity contribution in [3.05, 3.63) is 59.2 Å². The number of carbonyl (C=O) groups is 2. The maximum Gasteiger partial charge on any atom is 0.403 e. The molecule has 50 heavy (non-hydrogen) atoms. The number of carbonyl (C=O) groups excluding carboxylic acids is 1. The number of amides is 1. The van der Waals surface area contributed by atoms with Gasteiger partial charge in [-0.2, -0.15) is 26.3 Å². The summed E-state index contributed by atoms with van der Waals surface area (Å²) >= 11 is 0. The SMILES string of the molecule is COc1cc2c(c(OC)c1-c1cccc3c(C[C@H](NC(=O)C4(C(F)(F)F)CCN(CC(F)(F)F)CC4)C(=O)O)cccc13)CN(C(C)C)CC2. The van der Waals surface area contributed by atoms with Gasteiger partial charge in [0.05, 0.1) is 26.3 Å². The van der Waals surface area contributed by atoms with Gasteiger partial charge in [0.15, 0.2) is 0 Å². The number of carboxylic acid groups (broad SMARTS) is 1. The topological polar surface area (TPSA) is 91.3 Å². The molecule has 2 N–H and O–H groups in total. The Balaban J connectivity index is 1.49. The Kier molecular flexibility index (Phi) is 10.6. The van der Waals surface area contributed by atoms with Gasteiger partial charge in [0.25, 0.3) is 0 Å². The van der Waals surface area contributed by atoms with Gasteiger partial charge >= 0.3 is 18.3 Å². The van der Waals surface area contributed by atoms with Crippen LogP contribution >= 0.6 is 0 Å². The lowest BCUT2D eigenvalue weighted by molar-refractivity contribution is -0.236. The number of ether oxygens (including phenoxy) is 2. The summed E-state index contributed by atoms with van der Waals surface area (Å²) in [7, 11) is 3.16. The number of hydrogen-bond donors (Lipinski definition) is 2. The highest BCUT2D eigenvalue weighted by atomic mass is 19.4. The fourth-order valence-electron chi connectivity index (χ4n) is 7.22. The van der Waals surface area contributed by atoms with Crippen LogP contribution in [0.15, 0.2) is 42.5 Å². The quantitative estimate of drug-likeness (QED) is 0.229. The van der Waals surface area contributed by atoms with Crippen molar-refractivity contribution in [2.24, 2.45) is 5.41 Å². The summed E-state index contributed by atoms with van der Waals surface area (Å²) in [4.78, 5) is 28.9. The van der Waals surface area contributed by atoms with Crippen LogP contribution in [0.25, 0.3) is 21.9 Å². The molecule has 1 amide bonds. The number of likely N-dealkylation sites (tertiary alicyclic amines) is 1. The number of methoxy groups -OCH3 is 2. The Hall–Kier alpha value is -4.04. The van der Waals surface area contributed by atoms with Gasteiger partial charge in [-0.25, -0.2) is 4.79 Å². The zero-order valence-electron chi connectivity index (χ0n) is 28.3. The van der Waals surface area contributed by atoms with E-state index in [2.05, 4.69) is 24.1 Å². The average molecular weight is 710 g/mol. The van der Waals surface area contributed by atoms with Gasteiger partial charge in [0.1, 0.15) is 23.0 Å². The molecule has 0 unspecified atom stereocenters. The minimum Gasteiger partial charge on any atom is -0.496 e. The molecule has 1 atom stereocenters. The first-order chi connectivity index (χ1) is 23.5. The number of fused-ring (bicyclic) bond motifs is 2. The van der Waals surface area contributed by atoms with Crippen molar-refractivity contribution in [1.82, 2.24) is 15.1 Å². The van der Waals surface area contributed by atoms with Crippen LogP contribution in [0.4, 0.5) is 26.3 Å². The van der Waals surface area contributed by atoms with Crippen LogP contribution in [0.5, 0.6) is 11.5 Å². The lowest BCUT2D eigenvalue weighted by Gasteiger charge is -2.42. The van der Waals surface area contributed by atoms with Crippen LogP contribution in [0.1, 0.15) is 43.4 Å². The summed E-state index contributed by atoms with van der Waals surface area (Å²) in [6, 6.07) is 11.2. The van der Waals surface area contributed by atoms with E-state index in [1.54, 1.807) is 38.5 Å². The van der Waals surface area contributed by atoms with Crippen LogP contribution in [0.2, 0.25) is 0 Å². The van der Waals surface area contributed by atoms with Gasteiger partial charge in [-0.05, 0) is 79.7 Å². The van der Waals surface area contributed by atoms with Crippen LogP contribution in [0.3, 0.4) is 0 Å². The zero-order chi connectivity index (χ0) is 36.6. The molecule has 0 radical (unpaired) electrons. The number of rotatable bonds is 10. The average Bonchev–Trinajstić information content (AvgIpc) is 3.05. The highest BCUT2D eigenvalue weighted by Gasteiger charge is 2.61. The number of hydrogen-bond acceptors (Lipinski definition) is 6. The van der Waals surface area contributed by atoms with Crippen molar-refractivity contribution in [2.75, 3.05) is 40.4 Å². The summed E-state index contributed by atoms with van der Waals surface area (Å²) in [6.07, 6.45) is -11.1. The molecule has 0 aromatic heterocycles. The Morgan fingerprint density at radius 3 is 2.20 bits per heavy atom. The molecule has 0 spiro atoms. The molecule has 5 rings (SSSR count). The van der Waals surface area contributed by atoms with E-state index in [0.717, 1.165) is 34.6 Å². The molecule has 0 bridgehead atoms. The largest absolute Gasteiger partial charge is 0.496 e. The van der Waals surface area contributed by atoms with E-state index >= 15 is 0 Å². The Labute approximate surface area is 286 Å². The Morgan fingerprint density at radius 1 is 0.960 bits per heavy atom. The van der Waals surface area contributed by atoms with E-state index < -0.39 is 68.2 Å². The number of alkyl halides is 6. The zero-order valence-corrected chi connectivity index (χ0v) is 28.3. The molecule has 0 saturated carbocycles. The van der Waals surface area contributed by atoms with E-state index in [1.807, 2.05) is 18.2 Å². The van der Waals surface area contributed by atoms with Crippen LogP contribution < -0.4 is 14.8 Å². The second-order valence-electron chi connectivity index (χ2n) is 13.3. The number of aliphatic carboxylic acids is 1. The summed E-state index contributed by atoms with van der Waals surface area (Å²) in [5.74, 6) is -1.88. The summed E-state index contributed by atoms with van der Waals surface area (Å²) < 4.78 is 93.8. The number of benzene rings is 3. The molecule has 1 saturated heterocycles. The summed E-state index contributed by atoms with van der Waals surface area (Å²) in [5, 5.41) is 13.5. The number of nitrogens with one attached hydrogen (secondary N) is 1. The number of nitrogens with zero attached hydrogens (tertiary/aromatic N) is 2. The van der Waals surface area contributed by atoms with Crippen molar-refractivity contribution < 1.29 is 50.5 Å². The lowest BCUT2D eigenvalue weighted by Crippen LogP contribution is -2.59. The highest BCUT2D eigenvalue weighted by Crippen LogP contribution is 2.48. The highest BCUT2D eigenvalue weighted by molar-refractivity contribution is 6.01. The smallest absolute Gasteiger partial charge is 0.403 e. The van der Waals surface area contributed by atoms with Gasteiger partial charge in [-0.15, -0.1) is 0 Å².